The number of fused-ring (bicyclic) bond motifs is 1. The van der Waals surface area contributed by atoms with E-state index < -0.39 is 5.91 Å². The van der Waals surface area contributed by atoms with E-state index in [1.165, 1.54) is 38.8 Å². The number of aromatic nitrogens is 2. The van der Waals surface area contributed by atoms with Crippen molar-refractivity contribution in [2.75, 3.05) is 57.3 Å². The van der Waals surface area contributed by atoms with Crippen LogP contribution in [0, 0.1) is 0 Å². The SMILES string of the molecule is CCCN1CCCN(c2nc3c(C(N)=O)cccc3n2CCN2CCCCC2)CC1. The van der Waals surface area contributed by atoms with Crippen molar-refractivity contribution < 1.29 is 4.79 Å². The summed E-state index contributed by atoms with van der Waals surface area (Å²) in [6.45, 7) is 11.9. The summed E-state index contributed by atoms with van der Waals surface area (Å²) in [5, 5.41) is 0. The summed E-state index contributed by atoms with van der Waals surface area (Å²) in [5.41, 5.74) is 7.95. The Morgan fingerprint density at radius 1 is 0.933 bits per heavy atom. The number of piperidine rings is 1. The van der Waals surface area contributed by atoms with E-state index in [1.807, 2.05) is 6.07 Å². The minimum Gasteiger partial charge on any atom is -0.366 e. The smallest absolute Gasteiger partial charge is 0.250 e. The minimum absolute atomic E-state index is 0.405. The van der Waals surface area contributed by atoms with Gasteiger partial charge in [-0.3, -0.25) is 4.79 Å². The van der Waals surface area contributed by atoms with E-state index in [4.69, 9.17) is 10.7 Å². The Bertz CT molecular complexity index is 857. The summed E-state index contributed by atoms with van der Waals surface area (Å²) >= 11 is 0. The van der Waals surface area contributed by atoms with Crippen molar-refractivity contribution in [1.82, 2.24) is 19.4 Å². The monoisotopic (exact) mass is 412 g/mol. The van der Waals surface area contributed by atoms with Gasteiger partial charge in [0.1, 0.15) is 5.52 Å². The number of primary amides is 1. The summed E-state index contributed by atoms with van der Waals surface area (Å²) in [7, 11) is 0. The van der Waals surface area contributed by atoms with Gasteiger partial charge < -0.3 is 25.0 Å². The number of hydrogen-bond donors (Lipinski definition) is 1. The maximum Gasteiger partial charge on any atom is 0.250 e. The lowest BCUT2D eigenvalue weighted by Gasteiger charge is -2.28. The summed E-state index contributed by atoms with van der Waals surface area (Å²) in [6.07, 6.45) is 6.26. The molecule has 2 N–H and O–H groups in total. The number of benzene rings is 1. The molecule has 3 heterocycles. The van der Waals surface area contributed by atoms with Crippen LogP contribution in [-0.2, 0) is 6.54 Å². The Morgan fingerprint density at radius 2 is 1.70 bits per heavy atom. The number of para-hydroxylation sites is 1. The predicted molar refractivity (Wildman–Crippen MR) is 122 cm³/mol. The van der Waals surface area contributed by atoms with Crippen LogP contribution in [0.15, 0.2) is 18.2 Å². The minimum atomic E-state index is -0.405. The van der Waals surface area contributed by atoms with Crippen LogP contribution in [0.4, 0.5) is 5.95 Å². The zero-order valence-electron chi connectivity index (χ0n) is 18.4. The number of amides is 1. The van der Waals surface area contributed by atoms with E-state index in [1.54, 1.807) is 6.07 Å². The van der Waals surface area contributed by atoms with E-state index in [-0.39, 0.29) is 0 Å². The molecule has 2 aliphatic heterocycles. The third-order valence-electron chi connectivity index (χ3n) is 6.52. The highest BCUT2D eigenvalue weighted by Gasteiger charge is 2.23. The van der Waals surface area contributed by atoms with Crippen LogP contribution in [0.25, 0.3) is 11.0 Å². The van der Waals surface area contributed by atoms with Gasteiger partial charge in [0, 0.05) is 32.7 Å². The number of carbonyl (C=O) groups excluding carboxylic acids is 1. The molecule has 7 heteroatoms. The lowest BCUT2D eigenvalue weighted by molar-refractivity contribution is 0.100. The van der Waals surface area contributed by atoms with Crippen molar-refractivity contribution in [3.8, 4) is 0 Å². The summed E-state index contributed by atoms with van der Waals surface area (Å²) < 4.78 is 2.33. The average Bonchev–Trinajstić information content (AvgIpc) is 2.97. The third kappa shape index (κ3) is 4.62. The largest absolute Gasteiger partial charge is 0.366 e. The van der Waals surface area contributed by atoms with Gasteiger partial charge in [-0.2, -0.15) is 0 Å². The standard InChI is InChI=1S/C23H36N6O/c1-2-10-26-13-7-14-28(17-15-26)23-25-21-19(22(24)30)8-6-9-20(21)29(23)18-16-27-11-4-3-5-12-27/h6,8-9H,2-5,7,10-18H2,1H3,(H2,24,30). The quantitative estimate of drug-likeness (QED) is 0.757. The van der Waals surface area contributed by atoms with Gasteiger partial charge >= 0.3 is 0 Å². The van der Waals surface area contributed by atoms with E-state index >= 15 is 0 Å². The highest BCUT2D eigenvalue weighted by atomic mass is 16.1. The molecule has 2 saturated heterocycles. The van der Waals surface area contributed by atoms with Crippen molar-refractivity contribution in [3.05, 3.63) is 23.8 Å². The van der Waals surface area contributed by atoms with Gasteiger partial charge in [-0.25, -0.2) is 4.98 Å². The molecule has 0 unspecified atom stereocenters. The maximum atomic E-state index is 12.0. The molecule has 0 bridgehead atoms. The van der Waals surface area contributed by atoms with Crippen molar-refractivity contribution in [3.63, 3.8) is 0 Å². The summed E-state index contributed by atoms with van der Waals surface area (Å²) in [5.74, 6) is 0.590. The van der Waals surface area contributed by atoms with Crippen LogP contribution in [0.3, 0.4) is 0 Å². The molecular weight excluding hydrogens is 376 g/mol. The highest BCUT2D eigenvalue weighted by Crippen LogP contribution is 2.26. The first-order valence-corrected chi connectivity index (χ1v) is 11.7. The molecule has 0 aliphatic carbocycles. The fourth-order valence-corrected chi connectivity index (χ4v) is 4.93. The van der Waals surface area contributed by atoms with Crippen LogP contribution >= 0.6 is 0 Å². The van der Waals surface area contributed by atoms with Gasteiger partial charge in [0.15, 0.2) is 0 Å². The molecule has 0 spiro atoms. The molecule has 0 atom stereocenters. The van der Waals surface area contributed by atoms with Crippen LogP contribution in [0.1, 0.15) is 49.4 Å². The number of likely N-dealkylation sites (tertiary alicyclic amines) is 1. The first kappa shape index (κ1) is 21.1. The number of anilines is 1. The number of hydrogen-bond acceptors (Lipinski definition) is 5. The molecule has 164 valence electrons. The first-order valence-electron chi connectivity index (χ1n) is 11.7. The van der Waals surface area contributed by atoms with Gasteiger partial charge in [0.25, 0.3) is 5.91 Å². The van der Waals surface area contributed by atoms with Crippen molar-refractivity contribution >= 4 is 22.9 Å². The summed E-state index contributed by atoms with van der Waals surface area (Å²) in [4.78, 5) is 24.5. The lowest BCUT2D eigenvalue weighted by atomic mass is 10.1. The molecule has 2 aromatic rings. The van der Waals surface area contributed by atoms with E-state index in [0.717, 1.165) is 69.2 Å². The molecule has 2 aliphatic rings. The Labute approximate surface area is 179 Å². The maximum absolute atomic E-state index is 12.0. The first-order chi connectivity index (χ1) is 14.7. The second kappa shape index (κ2) is 9.79. The van der Waals surface area contributed by atoms with Crippen molar-refractivity contribution in [1.29, 1.82) is 0 Å². The zero-order chi connectivity index (χ0) is 20.9. The fraction of sp³-hybridized carbons (Fsp3) is 0.652. The second-order valence-corrected chi connectivity index (χ2v) is 8.69. The molecule has 30 heavy (non-hydrogen) atoms. The second-order valence-electron chi connectivity index (χ2n) is 8.69. The van der Waals surface area contributed by atoms with Gasteiger partial charge in [-0.1, -0.05) is 19.4 Å². The molecule has 0 saturated carbocycles. The molecule has 7 nitrogen and oxygen atoms in total. The van der Waals surface area contributed by atoms with Crippen LogP contribution < -0.4 is 10.6 Å². The van der Waals surface area contributed by atoms with Crippen LogP contribution in [0.2, 0.25) is 0 Å². The molecule has 2 fully saturated rings. The number of imidazole rings is 1. The number of rotatable bonds is 7. The van der Waals surface area contributed by atoms with Crippen LogP contribution in [-0.4, -0.2) is 77.6 Å². The zero-order valence-corrected chi connectivity index (χ0v) is 18.4. The van der Waals surface area contributed by atoms with Gasteiger partial charge in [-0.05, 0) is 64.0 Å². The highest BCUT2D eigenvalue weighted by molar-refractivity contribution is 6.04. The Hall–Kier alpha value is -2.12. The van der Waals surface area contributed by atoms with E-state index in [9.17, 15) is 4.79 Å². The topological polar surface area (TPSA) is 70.6 Å². The predicted octanol–water partition coefficient (Wildman–Crippen LogP) is 2.54. The number of nitrogens with two attached hydrogens (primary N) is 1. The third-order valence-corrected chi connectivity index (χ3v) is 6.52. The number of nitrogens with zero attached hydrogens (tertiary/aromatic N) is 5. The Balaban J connectivity index is 1.64. The van der Waals surface area contributed by atoms with Crippen molar-refractivity contribution in [2.45, 2.75) is 45.6 Å². The summed E-state index contributed by atoms with van der Waals surface area (Å²) in [6, 6.07) is 5.80. The number of carbonyl (C=O) groups is 1. The Morgan fingerprint density at radius 3 is 2.47 bits per heavy atom. The van der Waals surface area contributed by atoms with Gasteiger partial charge in [0.2, 0.25) is 5.95 Å². The molecule has 1 aromatic heterocycles. The van der Waals surface area contributed by atoms with E-state index in [2.05, 4.69) is 32.3 Å². The fourth-order valence-electron chi connectivity index (χ4n) is 4.93. The molecule has 4 rings (SSSR count). The van der Waals surface area contributed by atoms with Gasteiger partial charge in [-0.15, -0.1) is 0 Å². The normalized spacial score (nSPS) is 19.3. The lowest BCUT2D eigenvalue weighted by Crippen LogP contribution is -2.35. The Kier molecular flexibility index (Phi) is 6.89. The van der Waals surface area contributed by atoms with E-state index in [0.29, 0.717) is 5.56 Å². The molecule has 0 radical (unpaired) electrons. The molecule has 1 aromatic carbocycles. The molecular formula is C23H36N6O. The molecule has 1 amide bonds. The average molecular weight is 413 g/mol. The van der Waals surface area contributed by atoms with Crippen molar-refractivity contribution in [2.24, 2.45) is 5.73 Å². The van der Waals surface area contributed by atoms with Crippen LogP contribution in [0.5, 0.6) is 0 Å². The van der Waals surface area contributed by atoms with Gasteiger partial charge in [0.05, 0.1) is 11.1 Å².